The normalized spacial score (nSPS) is 19.1. The fraction of sp³-hybridized carbons (Fsp3) is 0.556. The van der Waals surface area contributed by atoms with Crippen LogP contribution >= 0.6 is 0 Å². The van der Waals surface area contributed by atoms with Crippen molar-refractivity contribution >= 4 is 12.0 Å². The SMILES string of the molecule is CCCCCC(C)C(=O)N1C(=O)OC[C@@H]1Cc1ccccc1. The van der Waals surface area contributed by atoms with Crippen LogP contribution in [0.25, 0.3) is 0 Å². The summed E-state index contributed by atoms with van der Waals surface area (Å²) in [5.41, 5.74) is 1.11. The van der Waals surface area contributed by atoms with Crippen molar-refractivity contribution in [1.82, 2.24) is 4.90 Å². The fourth-order valence-corrected chi connectivity index (χ4v) is 2.83. The molecule has 22 heavy (non-hydrogen) atoms. The number of ether oxygens (including phenoxy) is 1. The van der Waals surface area contributed by atoms with Crippen molar-refractivity contribution in [3.8, 4) is 0 Å². The van der Waals surface area contributed by atoms with Gasteiger partial charge in [0.2, 0.25) is 5.91 Å². The van der Waals surface area contributed by atoms with E-state index in [1.807, 2.05) is 37.3 Å². The van der Waals surface area contributed by atoms with Crippen LogP contribution in [0.4, 0.5) is 4.79 Å². The van der Waals surface area contributed by atoms with Crippen molar-refractivity contribution in [2.75, 3.05) is 6.61 Å². The first kappa shape index (κ1) is 16.5. The number of benzene rings is 1. The minimum Gasteiger partial charge on any atom is -0.447 e. The van der Waals surface area contributed by atoms with Gasteiger partial charge in [0.05, 0.1) is 6.04 Å². The van der Waals surface area contributed by atoms with E-state index in [0.29, 0.717) is 13.0 Å². The molecule has 0 radical (unpaired) electrons. The second kappa shape index (κ2) is 7.97. The quantitative estimate of drug-likeness (QED) is 0.720. The molecule has 0 aliphatic carbocycles. The summed E-state index contributed by atoms with van der Waals surface area (Å²) in [6.07, 6.45) is 4.26. The summed E-state index contributed by atoms with van der Waals surface area (Å²) in [4.78, 5) is 25.8. The molecular formula is C18H25NO3. The largest absolute Gasteiger partial charge is 0.447 e. The molecule has 2 amide bonds. The van der Waals surface area contributed by atoms with E-state index >= 15 is 0 Å². The van der Waals surface area contributed by atoms with Gasteiger partial charge in [0.15, 0.2) is 0 Å². The number of hydrogen-bond donors (Lipinski definition) is 0. The minimum atomic E-state index is -0.492. The number of imide groups is 1. The summed E-state index contributed by atoms with van der Waals surface area (Å²) in [5, 5.41) is 0. The molecule has 1 aliphatic rings. The highest BCUT2D eigenvalue weighted by atomic mass is 16.6. The summed E-state index contributed by atoms with van der Waals surface area (Å²) < 4.78 is 5.11. The molecule has 1 saturated heterocycles. The van der Waals surface area contributed by atoms with Crippen LogP contribution in [0, 0.1) is 5.92 Å². The maximum Gasteiger partial charge on any atom is 0.416 e. The Hall–Kier alpha value is -1.84. The van der Waals surface area contributed by atoms with Crippen LogP contribution in [0.2, 0.25) is 0 Å². The summed E-state index contributed by atoms with van der Waals surface area (Å²) in [5.74, 6) is -0.227. The average Bonchev–Trinajstić information content (AvgIpc) is 2.88. The van der Waals surface area contributed by atoms with Gasteiger partial charge in [-0.2, -0.15) is 0 Å². The van der Waals surface area contributed by atoms with Crippen LogP contribution < -0.4 is 0 Å². The monoisotopic (exact) mass is 303 g/mol. The zero-order valence-electron chi connectivity index (χ0n) is 13.5. The number of hydrogen-bond acceptors (Lipinski definition) is 3. The summed E-state index contributed by atoms with van der Waals surface area (Å²) >= 11 is 0. The number of rotatable bonds is 7. The van der Waals surface area contributed by atoms with E-state index in [-0.39, 0.29) is 17.9 Å². The lowest BCUT2D eigenvalue weighted by atomic mass is 10.00. The highest BCUT2D eigenvalue weighted by molar-refractivity contribution is 5.94. The molecule has 1 aliphatic heterocycles. The van der Waals surface area contributed by atoms with Crippen LogP contribution in [-0.2, 0) is 16.0 Å². The number of nitrogens with zero attached hydrogens (tertiary/aromatic N) is 1. The molecule has 0 spiro atoms. The molecule has 0 bridgehead atoms. The molecule has 1 unspecified atom stereocenters. The predicted molar refractivity (Wildman–Crippen MR) is 85.4 cm³/mol. The standard InChI is InChI=1S/C18H25NO3/c1-3-4-6-9-14(2)17(20)19-16(13-22-18(19)21)12-15-10-7-5-8-11-15/h5,7-8,10-11,14,16H,3-4,6,9,12-13H2,1-2H3/t14?,16-/m0/s1. The first-order chi connectivity index (χ1) is 10.6. The van der Waals surface area contributed by atoms with Crippen molar-refractivity contribution in [2.45, 2.75) is 52.0 Å². The van der Waals surface area contributed by atoms with Gasteiger partial charge < -0.3 is 4.74 Å². The van der Waals surface area contributed by atoms with Crippen LogP contribution in [0.15, 0.2) is 30.3 Å². The maximum atomic E-state index is 12.6. The number of carbonyl (C=O) groups excluding carboxylic acids is 2. The molecule has 0 saturated carbocycles. The van der Waals surface area contributed by atoms with Crippen LogP contribution in [0.3, 0.4) is 0 Å². The lowest BCUT2D eigenvalue weighted by Gasteiger charge is -2.23. The predicted octanol–water partition coefficient (Wildman–Crippen LogP) is 3.79. The van der Waals surface area contributed by atoms with Crippen molar-refractivity contribution < 1.29 is 14.3 Å². The van der Waals surface area contributed by atoms with Gasteiger partial charge in [-0.1, -0.05) is 63.4 Å². The smallest absolute Gasteiger partial charge is 0.416 e. The van der Waals surface area contributed by atoms with E-state index in [9.17, 15) is 9.59 Å². The van der Waals surface area contributed by atoms with Crippen molar-refractivity contribution in [2.24, 2.45) is 5.92 Å². The van der Waals surface area contributed by atoms with E-state index < -0.39 is 6.09 Å². The van der Waals surface area contributed by atoms with Crippen LogP contribution in [0.1, 0.15) is 45.1 Å². The molecule has 4 nitrogen and oxygen atoms in total. The Labute approximate surface area is 132 Å². The Kier molecular flexibility index (Phi) is 5.99. The van der Waals surface area contributed by atoms with Gasteiger partial charge in [-0.05, 0) is 18.4 Å². The minimum absolute atomic E-state index is 0.0977. The average molecular weight is 303 g/mol. The third kappa shape index (κ3) is 4.09. The molecule has 4 heteroatoms. The summed E-state index contributed by atoms with van der Waals surface area (Å²) in [6.45, 7) is 4.34. The topological polar surface area (TPSA) is 46.6 Å². The molecular weight excluding hydrogens is 278 g/mol. The number of cyclic esters (lactones) is 1. The maximum absolute atomic E-state index is 12.6. The van der Waals surface area contributed by atoms with Gasteiger partial charge in [-0.15, -0.1) is 0 Å². The van der Waals surface area contributed by atoms with E-state index in [2.05, 4.69) is 6.92 Å². The molecule has 2 rings (SSSR count). The van der Waals surface area contributed by atoms with E-state index in [1.54, 1.807) is 0 Å². The Morgan fingerprint density at radius 1 is 1.32 bits per heavy atom. The Morgan fingerprint density at radius 3 is 2.73 bits per heavy atom. The Balaban J connectivity index is 1.99. The second-order valence-corrected chi connectivity index (χ2v) is 6.03. The van der Waals surface area contributed by atoms with Crippen molar-refractivity contribution in [3.05, 3.63) is 35.9 Å². The van der Waals surface area contributed by atoms with E-state index in [4.69, 9.17) is 4.74 Å². The van der Waals surface area contributed by atoms with Gasteiger partial charge >= 0.3 is 6.09 Å². The van der Waals surface area contributed by atoms with Gasteiger partial charge in [0, 0.05) is 5.92 Å². The first-order valence-electron chi connectivity index (χ1n) is 8.17. The lowest BCUT2D eigenvalue weighted by molar-refractivity contribution is -0.133. The highest BCUT2D eigenvalue weighted by Crippen LogP contribution is 2.22. The molecule has 120 valence electrons. The molecule has 2 atom stereocenters. The fourth-order valence-electron chi connectivity index (χ4n) is 2.83. The van der Waals surface area contributed by atoms with Gasteiger partial charge in [0.1, 0.15) is 6.61 Å². The van der Waals surface area contributed by atoms with Crippen LogP contribution in [0.5, 0.6) is 0 Å². The van der Waals surface area contributed by atoms with E-state index in [1.165, 1.54) is 4.90 Å². The third-order valence-corrected chi connectivity index (χ3v) is 4.17. The summed E-state index contributed by atoms with van der Waals surface area (Å²) in [6, 6.07) is 9.72. The zero-order valence-corrected chi connectivity index (χ0v) is 13.5. The number of carbonyl (C=O) groups is 2. The molecule has 1 fully saturated rings. The number of amides is 2. The molecule has 0 aromatic heterocycles. The zero-order chi connectivity index (χ0) is 15.9. The molecule has 1 aromatic carbocycles. The molecule has 0 N–H and O–H groups in total. The van der Waals surface area contributed by atoms with Gasteiger partial charge in [-0.3, -0.25) is 4.79 Å². The van der Waals surface area contributed by atoms with Gasteiger partial charge in [0.25, 0.3) is 0 Å². The third-order valence-electron chi connectivity index (χ3n) is 4.17. The van der Waals surface area contributed by atoms with E-state index in [0.717, 1.165) is 31.2 Å². The van der Waals surface area contributed by atoms with Crippen LogP contribution in [-0.4, -0.2) is 29.5 Å². The Bertz CT molecular complexity index is 500. The van der Waals surface area contributed by atoms with Crippen molar-refractivity contribution in [3.63, 3.8) is 0 Å². The lowest BCUT2D eigenvalue weighted by Crippen LogP contribution is -2.43. The number of unbranched alkanes of at least 4 members (excludes halogenated alkanes) is 2. The highest BCUT2D eigenvalue weighted by Gasteiger charge is 2.39. The van der Waals surface area contributed by atoms with Crippen molar-refractivity contribution in [1.29, 1.82) is 0 Å². The molecule has 1 aromatic rings. The second-order valence-electron chi connectivity index (χ2n) is 6.03. The van der Waals surface area contributed by atoms with Gasteiger partial charge in [-0.25, -0.2) is 9.69 Å². The summed E-state index contributed by atoms with van der Waals surface area (Å²) in [7, 11) is 0. The first-order valence-corrected chi connectivity index (χ1v) is 8.17. The Morgan fingerprint density at radius 2 is 2.05 bits per heavy atom. The molecule has 1 heterocycles.